The summed E-state index contributed by atoms with van der Waals surface area (Å²) in [6.07, 6.45) is -0.513. The van der Waals surface area contributed by atoms with E-state index in [9.17, 15) is 22.8 Å². The lowest BCUT2D eigenvalue weighted by Crippen LogP contribution is -2.40. The van der Waals surface area contributed by atoms with Crippen molar-refractivity contribution in [1.29, 1.82) is 0 Å². The van der Waals surface area contributed by atoms with E-state index >= 15 is 0 Å². The molecule has 1 aliphatic heterocycles. The molecule has 0 bridgehead atoms. The molecule has 1 heterocycles. The van der Waals surface area contributed by atoms with Gasteiger partial charge in [-0.25, -0.2) is 13.2 Å². The number of halogens is 4. The Labute approximate surface area is 166 Å². The normalized spacial score (nSPS) is 17.5. The van der Waals surface area contributed by atoms with Gasteiger partial charge in [-0.05, 0) is 42.0 Å². The fourth-order valence-corrected chi connectivity index (χ4v) is 2.72. The maximum absolute atomic E-state index is 13.1. The standard InChI is InChI=1S/C19H18F3N3O2.ClH/c20-14-5-7-15(8-6-14)25-17(26)13-3-1-12(2-4-13)10-23-18(27)16-9-19(21,22)11-24-16;/h1-8,16,24H,9-11H2,(H,23,27)(H,25,26);1H. The van der Waals surface area contributed by atoms with E-state index in [1.165, 1.54) is 24.3 Å². The van der Waals surface area contributed by atoms with E-state index in [0.717, 1.165) is 5.56 Å². The third-order valence-corrected chi connectivity index (χ3v) is 4.21. The summed E-state index contributed by atoms with van der Waals surface area (Å²) in [7, 11) is 0. The Morgan fingerprint density at radius 2 is 1.71 bits per heavy atom. The second kappa shape index (κ2) is 9.07. The van der Waals surface area contributed by atoms with Crippen molar-refractivity contribution >= 4 is 29.9 Å². The van der Waals surface area contributed by atoms with Crippen LogP contribution in [-0.4, -0.2) is 30.3 Å². The largest absolute Gasteiger partial charge is 0.351 e. The van der Waals surface area contributed by atoms with Crippen LogP contribution in [0.15, 0.2) is 48.5 Å². The molecule has 0 radical (unpaired) electrons. The number of nitrogens with one attached hydrogen (secondary N) is 3. The van der Waals surface area contributed by atoms with Crippen molar-refractivity contribution in [1.82, 2.24) is 10.6 Å². The number of amides is 2. The lowest BCUT2D eigenvalue weighted by molar-refractivity contribution is -0.123. The fourth-order valence-electron chi connectivity index (χ4n) is 2.72. The van der Waals surface area contributed by atoms with E-state index in [1.54, 1.807) is 24.3 Å². The molecule has 1 saturated heterocycles. The van der Waals surface area contributed by atoms with Gasteiger partial charge in [0.15, 0.2) is 0 Å². The van der Waals surface area contributed by atoms with Crippen LogP contribution < -0.4 is 16.0 Å². The Morgan fingerprint density at radius 1 is 1.07 bits per heavy atom. The number of benzene rings is 2. The zero-order valence-corrected chi connectivity index (χ0v) is 15.5. The number of carbonyl (C=O) groups is 2. The molecule has 1 aliphatic rings. The van der Waals surface area contributed by atoms with Crippen LogP contribution in [0, 0.1) is 5.82 Å². The first kappa shape index (κ1) is 21.7. The molecule has 1 fully saturated rings. The van der Waals surface area contributed by atoms with Gasteiger partial charge in [0.25, 0.3) is 11.8 Å². The summed E-state index contributed by atoms with van der Waals surface area (Å²) in [5.74, 6) is -4.09. The molecule has 5 nitrogen and oxygen atoms in total. The Balaban J connectivity index is 0.00000280. The van der Waals surface area contributed by atoms with Gasteiger partial charge >= 0.3 is 0 Å². The molecule has 9 heteroatoms. The molecule has 150 valence electrons. The number of hydrogen-bond acceptors (Lipinski definition) is 3. The van der Waals surface area contributed by atoms with E-state index in [1.807, 2.05) is 0 Å². The first-order valence-electron chi connectivity index (χ1n) is 8.37. The second-order valence-electron chi connectivity index (χ2n) is 6.37. The van der Waals surface area contributed by atoms with Gasteiger partial charge in [-0.2, -0.15) is 0 Å². The highest BCUT2D eigenvalue weighted by Gasteiger charge is 2.42. The molecule has 0 aromatic heterocycles. The van der Waals surface area contributed by atoms with Crippen molar-refractivity contribution in [2.75, 3.05) is 11.9 Å². The van der Waals surface area contributed by atoms with Crippen LogP contribution in [0.25, 0.3) is 0 Å². The Bertz CT molecular complexity index is 829. The summed E-state index contributed by atoms with van der Waals surface area (Å²) in [6, 6.07) is 11.0. The first-order valence-corrected chi connectivity index (χ1v) is 8.37. The number of carbonyl (C=O) groups excluding carboxylic acids is 2. The highest BCUT2D eigenvalue weighted by molar-refractivity contribution is 6.04. The monoisotopic (exact) mass is 413 g/mol. The van der Waals surface area contributed by atoms with Gasteiger partial charge in [-0.3, -0.25) is 14.9 Å². The van der Waals surface area contributed by atoms with Gasteiger partial charge in [0, 0.05) is 24.2 Å². The quantitative estimate of drug-likeness (QED) is 0.705. The molecule has 2 aromatic carbocycles. The summed E-state index contributed by atoms with van der Waals surface area (Å²) in [6.45, 7) is -0.328. The summed E-state index contributed by atoms with van der Waals surface area (Å²) >= 11 is 0. The smallest absolute Gasteiger partial charge is 0.262 e. The van der Waals surface area contributed by atoms with E-state index in [-0.39, 0.29) is 24.9 Å². The highest BCUT2D eigenvalue weighted by Crippen LogP contribution is 2.25. The van der Waals surface area contributed by atoms with Crippen molar-refractivity contribution < 1.29 is 22.8 Å². The minimum atomic E-state index is -2.86. The number of hydrogen-bond donors (Lipinski definition) is 3. The summed E-state index contributed by atoms with van der Waals surface area (Å²) in [4.78, 5) is 24.1. The average Bonchev–Trinajstić information content (AvgIpc) is 3.02. The molecule has 0 aliphatic carbocycles. The third kappa shape index (κ3) is 5.71. The van der Waals surface area contributed by atoms with Crippen LogP contribution in [0.2, 0.25) is 0 Å². The zero-order chi connectivity index (χ0) is 19.4. The van der Waals surface area contributed by atoms with Crippen LogP contribution in [0.5, 0.6) is 0 Å². The van der Waals surface area contributed by atoms with E-state index in [0.29, 0.717) is 11.3 Å². The van der Waals surface area contributed by atoms with Gasteiger partial charge in [0.2, 0.25) is 5.91 Å². The average molecular weight is 414 g/mol. The second-order valence-corrected chi connectivity index (χ2v) is 6.37. The maximum Gasteiger partial charge on any atom is 0.262 e. The number of alkyl halides is 2. The molecular formula is C19H19ClF3N3O2. The molecule has 0 saturated carbocycles. The van der Waals surface area contributed by atoms with Crippen LogP contribution in [0.1, 0.15) is 22.3 Å². The molecule has 3 rings (SSSR count). The predicted octanol–water partition coefficient (Wildman–Crippen LogP) is 3.11. The number of rotatable bonds is 5. The molecular weight excluding hydrogens is 395 g/mol. The van der Waals surface area contributed by atoms with Gasteiger partial charge in [-0.15, -0.1) is 12.4 Å². The summed E-state index contributed by atoms with van der Waals surface area (Å²) in [5.41, 5.74) is 1.59. The molecule has 1 atom stereocenters. The van der Waals surface area contributed by atoms with Crippen molar-refractivity contribution in [2.24, 2.45) is 0 Å². The maximum atomic E-state index is 13.1. The fraction of sp³-hybridized carbons (Fsp3) is 0.263. The lowest BCUT2D eigenvalue weighted by atomic mass is 10.1. The van der Waals surface area contributed by atoms with Gasteiger partial charge in [0.1, 0.15) is 5.82 Å². The SMILES string of the molecule is Cl.O=C(Nc1ccc(F)cc1)c1ccc(CNC(=O)C2CC(F)(F)CN2)cc1. The number of anilines is 1. The third-order valence-electron chi connectivity index (χ3n) is 4.21. The molecule has 2 aromatic rings. The minimum Gasteiger partial charge on any atom is -0.351 e. The van der Waals surface area contributed by atoms with Crippen molar-refractivity contribution in [2.45, 2.75) is 24.9 Å². The molecule has 1 unspecified atom stereocenters. The van der Waals surface area contributed by atoms with E-state index in [4.69, 9.17) is 0 Å². The molecule has 3 N–H and O–H groups in total. The zero-order valence-electron chi connectivity index (χ0n) is 14.7. The van der Waals surface area contributed by atoms with Crippen LogP contribution in [0.4, 0.5) is 18.9 Å². The molecule has 2 amide bonds. The van der Waals surface area contributed by atoms with Crippen molar-refractivity contribution in [3.8, 4) is 0 Å². The Kier molecular flexibility index (Phi) is 7.04. The molecule has 28 heavy (non-hydrogen) atoms. The summed E-state index contributed by atoms with van der Waals surface area (Å²) in [5, 5.41) is 7.74. The molecule has 0 spiro atoms. The Morgan fingerprint density at radius 3 is 2.29 bits per heavy atom. The van der Waals surface area contributed by atoms with Gasteiger partial charge in [0.05, 0.1) is 12.6 Å². The van der Waals surface area contributed by atoms with Crippen LogP contribution in [0.3, 0.4) is 0 Å². The van der Waals surface area contributed by atoms with Crippen molar-refractivity contribution in [3.63, 3.8) is 0 Å². The van der Waals surface area contributed by atoms with E-state index in [2.05, 4.69) is 16.0 Å². The van der Waals surface area contributed by atoms with Crippen LogP contribution in [-0.2, 0) is 11.3 Å². The topological polar surface area (TPSA) is 70.2 Å². The van der Waals surface area contributed by atoms with Crippen molar-refractivity contribution in [3.05, 3.63) is 65.5 Å². The van der Waals surface area contributed by atoms with E-state index < -0.39 is 36.7 Å². The van der Waals surface area contributed by atoms with Gasteiger partial charge in [-0.1, -0.05) is 12.1 Å². The minimum absolute atomic E-state index is 0. The predicted molar refractivity (Wildman–Crippen MR) is 101 cm³/mol. The lowest BCUT2D eigenvalue weighted by Gasteiger charge is -2.11. The summed E-state index contributed by atoms with van der Waals surface area (Å²) < 4.78 is 39.1. The Hall–Kier alpha value is -2.58. The van der Waals surface area contributed by atoms with Crippen LogP contribution >= 0.6 is 12.4 Å². The van der Waals surface area contributed by atoms with Gasteiger partial charge < -0.3 is 10.6 Å². The first-order chi connectivity index (χ1) is 12.8. The highest BCUT2D eigenvalue weighted by atomic mass is 35.5.